The number of rotatable bonds is 6. The summed E-state index contributed by atoms with van der Waals surface area (Å²) in [5.74, 6) is 1.23. The molecule has 2 aromatic carbocycles. The number of nitrogens with two attached hydrogens (primary N) is 1. The Balaban J connectivity index is 1.82. The third-order valence-corrected chi connectivity index (χ3v) is 3.59. The quantitative estimate of drug-likeness (QED) is 0.384. The Bertz CT molecular complexity index is 581. The first-order valence-electron chi connectivity index (χ1n) is 6.59. The van der Waals surface area contributed by atoms with E-state index in [9.17, 15) is 4.79 Å². The van der Waals surface area contributed by atoms with Crippen LogP contribution in [0.2, 0.25) is 0 Å². The second kappa shape index (κ2) is 7.59. The molecule has 2 rings (SSSR count). The second-order valence-corrected chi connectivity index (χ2v) is 5.28. The summed E-state index contributed by atoms with van der Waals surface area (Å²) in [6, 6.07) is 14.4. The average Bonchev–Trinajstić information content (AvgIpc) is 2.49. The smallest absolute Gasteiger partial charge is 0.321 e. The first kappa shape index (κ1) is 15.3. The Labute approximate surface area is 128 Å². The fourth-order valence-corrected chi connectivity index (χ4v) is 2.31. The highest BCUT2D eigenvalue weighted by Gasteiger charge is 2.06. The van der Waals surface area contributed by atoms with Gasteiger partial charge in [-0.25, -0.2) is 0 Å². The molecule has 0 aliphatic rings. The number of hydrogen-bond donors (Lipinski definition) is 1. The van der Waals surface area contributed by atoms with E-state index in [1.165, 1.54) is 11.8 Å². The van der Waals surface area contributed by atoms with Crippen LogP contribution in [0.25, 0.3) is 0 Å². The Morgan fingerprint density at radius 2 is 1.67 bits per heavy atom. The number of carbonyl (C=O) groups excluding carboxylic acids is 1. The van der Waals surface area contributed by atoms with Crippen LogP contribution >= 0.6 is 11.8 Å². The van der Waals surface area contributed by atoms with Crippen LogP contribution in [0.3, 0.4) is 0 Å². The van der Waals surface area contributed by atoms with Gasteiger partial charge in [0, 0.05) is 10.6 Å². The Morgan fingerprint density at radius 3 is 2.29 bits per heavy atom. The van der Waals surface area contributed by atoms with Crippen LogP contribution in [0.15, 0.2) is 53.4 Å². The summed E-state index contributed by atoms with van der Waals surface area (Å²) in [5, 5.41) is 0. The zero-order chi connectivity index (χ0) is 15.1. The third-order valence-electron chi connectivity index (χ3n) is 2.60. The van der Waals surface area contributed by atoms with Gasteiger partial charge < -0.3 is 15.2 Å². The summed E-state index contributed by atoms with van der Waals surface area (Å²) >= 11 is 1.41. The van der Waals surface area contributed by atoms with Gasteiger partial charge in [-0.05, 0) is 55.5 Å². The normalized spacial score (nSPS) is 10.1. The topological polar surface area (TPSA) is 61.5 Å². The van der Waals surface area contributed by atoms with Gasteiger partial charge in [0.05, 0.1) is 12.4 Å². The zero-order valence-corrected chi connectivity index (χ0v) is 12.6. The van der Waals surface area contributed by atoms with Crippen LogP contribution < -0.4 is 15.2 Å². The van der Waals surface area contributed by atoms with Crippen molar-refractivity contribution in [3.8, 4) is 11.5 Å². The molecule has 0 saturated heterocycles. The molecule has 5 heteroatoms. The van der Waals surface area contributed by atoms with Crippen LogP contribution in [0.4, 0.5) is 5.69 Å². The third kappa shape index (κ3) is 5.04. The van der Waals surface area contributed by atoms with Crippen LogP contribution in [0.5, 0.6) is 11.5 Å². The number of esters is 1. The molecule has 0 unspecified atom stereocenters. The fourth-order valence-electron chi connectivity index (χ4n) is 1.64. The zero-order valence-electron chi connectivity index (χ0n) is 11.7. The second-order valence-electron chi connectivity index (χ2n) is 4.24. The molecule has 0 saturated carbocycles. The minimum absolute atomic E-state index is 0.247. The highest BCUT2D eigenvalue weighted by atomic mass is 32.2. The molecule has 0 aliphatic heterocycles. The summed E-state index contributed by atoms with van der Waals surface area (Å²) in [6.45, 7) is 2.53. The van der Waals surface area contributed by atoms with E-state index in [1.807, 2.05) is 19.1 Å². The average molecular weight is 303 g/mol. The summed E-state index contributed by atoms with van der Waals surface area (Å²) in [7, 11) is 0. The molecule has 21 heavy (non-hydrogen) atoms. The van der Waals surface area contributed by atoms with Gasteiger partial charge in [0.1, 0.15) is 11.5 Å². The first-order chi connectivity index (χ1) is 10.2. The van der Waals surface area contributed by atoms with E-state index < -0.39 is 0 Å². The summed E-state index contributed by atoms with van der Waals surface area (Å²) in [6.07, 6.45) is 0. The molecule has 0 aliphatic carbocycles. The maximum atomic E-state index is 11.8. The Morgan fingerprint density at radius 1 is 1.05 bits per heavy atom. The molecule has 0 amide bonds. The number of carbonyl (C=O) groups is 1. The lowest BCUT2D eigenvalue weighted by Crippen LogP contribution is -2.10. The van der Waals surface area contributed by atoms with Crippen molar-refractivity contribution in [2.45, 2.75) is 11.8 Å². The molecular weight excluding hydrogens is 286 g/mol. The molecule has 2 N–H and O–H groups in total. The van der Waals surface area contributed by atoms with Crippen molar-refractivity contribution in [2.24, 2.45) is 0 Å². The summed E-state index contributed by atoms with van der Waals surface area (Å²) < 4.78 is 10.6. The molecular formula is C16H17NO3S. The number of benzene rings is 2. The van der Waals surface area contributed by atoms with Crippen LogP contribution in [-0.4, -0.2) is 18.3 Å². The maximum Gasteiger partial charge on any atom is 0.321 e. The van der Waals surface area contributed by atoms with Gasteiger partial charge in [0.2, 0.25) is 0 Å². The predicted octanol–water partition coefficient (Wildman–Crippen LogP) is 3.37. The molecule has 2 aromatic rings. The largest absolute Gasteiger partial charge is 0.494 e. The van der Waals surface area contributed by atoms with Crippen molar-refractivity contribution in [3.05, 3.63) is 48.5 Å². The minimum Gasteiger partial charge on any atom is -0.494 e. The van der Waals surface area contributed by atoms with E-state index in [-0.39, 0.29) is 11.7 Å². The maximum absolute atomic E-state index is 11.8. The highest BCUT2D eigenvalue weighted by molar-refractivity contribution is 8.00. The van der Waals surface area contributed by atoms with Crippen LogP contribution in [-0.2, 0) is 4.79 Å². The molecule has 0 spiro atoms. The van der Waals surface area contributed by atoms with Gasteiger partial charge in [-0.3, -0.25) is 4.79 Å². The minimum atomic E-state index is -0.291. The SMILES string of the molecule is CCOc1ccc(OC(=O)CSc2ccc(N)cc2)cc1. The van der Waals surface area contributed by atoms with Crippen LogP contribution in [0.1, 0.15) is 6.92 Å². The van der Waals surface area contributed by atoms with Crippen molar-refractivity contribution < 1.29 is 14.3 Å². The lowest BCUT2D eigenvalue weighted by atomic mass is 10.3. The number of ether oxygens (including phenoxy) is 2. The monoisotopic (exact) mass is 303 g/mol. The number of nitrogen functional groups attached to an aromatic ring is 1. The van der Waals surface area contributed by atoms with Crippen molar-refractivity contribution in [3.63, 3.8) is 0 Å². The van der Waals surface area contributed by atoms with Gasteiger partial charge in [-0.2, -0.15) is 0 Å². The lowest BCUT2D eigenvalue weighted by molar-refractivity contribution is -0.131. The van der Waals surface area contributed by atoms with Crippen molar-refractivity contribution in [1.82, 2.24) is 0 Å². The number of hydrogen-bond acceptors (Lipinski definition) is 5. The predicted molar refractivity (Wildman–Crippen MR) is 84.8 cm³/mol. The van der Waals surface area contributed by atoms with Gasteiger partial charge in [-0.15, -0.1) is 11.8 Å². The molecule has 0 aromatic heterocycles. The molecule has 0 fully saturated rings. The summed E-state index contributed by atoms with van der Waals surface area (Å²) in [5.41, 5.74) is 6.31. The van der Waals surface area contributed by atoms with E-state index >= 15 is 0 Å². The van der Waals surface area contributed by atoms with Gasteiger partial charge in [0.25, 0.3) is 0 Å². The standard InChI is InChI=1S/C16H17NO3S/c1-2-19-13-5-7-14(8-6-13)20-16(18)11-21-15-9-3-12(17)4-10-15/h3-10H,2,11,17H2,1H3. The Hall–Kier alpha value is -2.14. The number of anilines is 1. The van der Waals surface area contributed by atoms with Gasteiger partial charge >= 0.3 is 5.97 Å². The van der Waals surface area contributed by atoms with E-state index in [0.29, 0.717) is 18.0 Å². The van der Waals surface area contributed by atoms with Crippen molar-refractivity contribution in [2.75, 3.05) is 18.1 Å². The first-order valence-corrected chi connectivity index (χ1v) is 7.58. The highest BCUT2D eigenvalue weighted by Crippen LogP contribution is 2.21. The molecule has 4 nitrogen and oxygen atoms in total. The molecule has 0 bridgehead atoms. The van der Waals surface area contributed by atoms with Crippen molar-refractivity contribution >= 4 is 23.4 Å². The molecule has 0 heterocycles. The Kier molecular flexibility index (Phi) is 5.51. The fraction of sp³-hybridized carbons (Fsp3) is 0.188. The lowest BCUT2D eigenvalue weighted by Gasteiger charge is -2.06. The van der Waals surface area contributed by atoms with E-state index in [4.69, 9.17) is 15.2 Å². The molecule has 0 atom stereocenters. The van der Waals surface area contributed by atoms with Crippen LogP contribution in [0, 0.1) is 0 Å². The molecule has 0 radical (unpaired) electrons. The van der Waals surface area contributed by atoms with E-state index in [2.05, 4.69) is 0 Å². The summed E-state index contributed by atoms with van der Waals surface area (Å²) in [4.78, 5) is 12.7. The van der Waals surface area contributed by atoms with E-state index in [1.54, 1.807) is 36.4 Å². The van der Waals surface area contributed by atoms with E-state index in [0.717, 1.165) is 10.6 Å². The van der Waals surface area contributed by atoms with Crippen molar-refractivity contribution in [1.29, 1.82) is 0 Å². The van der Waals surface area contributed by atoms with Gasteiger partial charge in [-0.1, -0.05) is 0 Å². The van der Waals surface area contributed by atoms with Gasteiger partial charge in [0.15, 0.2) is 0 Å². The molecule has 110 valence electrons. The number of thioether (sulfide) groups is 1.